The number of aromatic amines is 1. The van der Waals surface area contributed by atoms with Crippen molar-refractivity contribution in [1.29, 1.82) is 0 Å². The van der Waals surface area contributed by atoms with E-state index in [-0.39, 0.29) is 0 Å². The van der Waals surface area contributed by atoms with Gasteiger partial charge in [0.15, 0.2) is 12.4 Å². The van der Waals surface area contributed by atoms with Crippen LogP contribution in [0.25, 0.3) is 0 Å². The Morgan fingerprint density at radius 2 is 2.37 bits per heavy atom. The molecule has 0 aliphatic carbocycles. The first-order valence-corrected chi connectivity index (χ1v) is 5.90. The van der Waals surface area contributed by atoms with Gasteiger partial charge in [-0.3, -0.25) is 14.3 Å². The number of rotatable bonds is 3. The van der Waals surface area contributed by atoms with Gasteiger partial charge < -0.3 is 9.84 Å². The van der Waals surface area contributed by atoms with Gasteiger partial charge in [-0.25, -0.2) is 9.18 Å². The van der Waals surface area contributed by atoms with Crippen molar-refractivity contribution in [2.45, 2.75) is 37.4 Å². The van der Waals surface area contributed by atoms with Crippen molar-refractivity contribution in [1.82, 2.24) is 9.55 Å². The lowest BCUT2D eigenvalue weighted by atomic mass is 9.93. The van der Waals surface area contributed by atoms with Crippen LogP contribution in [0, 0.1) is 0 Å². The number of ether oxygens (including phenoxy) is 1. The molecule has 2 rings (SSSR count). The van der Waals surface area contributed by atoms with E-state index in [1.165, 1.54) is 6.08 Å². The Kier molecular flexibility index (Phi) is 3.42. The SMILES string of the molecule is C=C[C@]1(CC)O[C@@H](n2ccc(=O)[nH]c2=O)[C@H](F)[C@@H]1O. The predicted molar refractivity (Wildman–Crippen MR) is 65.6 cm³/mol. The van der Waals surface area contributed by atoms with E-state index in [1.807, 2.05) is 4.98 Å². The molecule has 4 atom stereocenters. The van der Waals surface area contributed by atoms with Crippen LogP contribution < -0.4 is 11.2 Å². The largest absolute Gasteiger partial charge is 0.387 e. The fourth-order valence-electron chi connectivity index (χ4n) is 2.23. The van der Waals surface area contributed by atoms with E-state index in [0.717, 1.165) is 16.8 Å². The minimum absolute atomic E-state index is 0.312. The molecular formula is C12H15FN2O4. The van der Waals surface area contributed by atoms with Crippen LogP contribution in [0.15, 0.2) is 34.5 Å². The standard InChI is InChI=1S/C12H15FN2O4/c1-3-12(4-2)9(17)8(13)10(19-12)15-6-5-7(16)14-11(15)18/h3,5-6,8-10,17H,1,4H2,2H3,(H,14,16,18)/t8-,9+,10-,12-/m1/s1. The molecule has 0 radical (unpaired) electrons. The molecule has 2 N–H and O–H groups in total. The van der Waals surface area contributed by atoms with Crippen molar-refractivity contribution in [3.8, 4) is 0 Å². The highest BCUT2D eigenvalue weighted by atomic mass is 19.1. The van der Waals surface area contributed by atoms with Crippen LogP contribution in [0.3, 0.4) is 0 Å². The summed E-state index contributed by atoms with van der Waals surface area (Å²) in [6.45, 7) is 5.26. The Morgan fingerprint density at radius 3 is 2.84 bits per heavy atom. The number of hydrogen-bond acceptors (Lipinski definition) is 4. The van der Waals surface area contributed by atoms with Gasteiger partial charge in [0.25, 0.3) is 5.56 Å². The average molecular weight is 270 g/mol. The number of aromatic nitrogens is 2. The molecule has 0 saturated carbocycles. The number of alkyl halides is 1. The van der Waals surface area contributed by atoms with Crippen molar-refractivity contribution in [2.75, 3.05) is 0 Å². The van der Waals surface area contributed by atoms with Gasteiger partial charge in [0.2, 0.25) is 0 Å². The van der Waals surface area contributed by atoms with Crippen LogP contribution in [-0.2, 0) is 4.74 Å². The third-order valence-electron chi connectivity index (χ3n) is 3.44. The Morgan fingerprint density at radius 1 is 1.68 bits per heavy atom. The van der Waals surface area contributed by atoms with E-state index in [2.05, 4.69) is 6.58 Å². The predicted octanol–water partition coefficient (Wildman–Crippen LogP) is 0.0992. The fraction of sp³-hybridized carbons (Fsp3) is 0.500. The minimum atomic E-state index is -1.79. The van der Waals surface area contributed by atoms with Crippen LogP contribution in [0.4, 0.5) is 4.39 Å². The van der Waals surface area contributed by atoms with Crippen molar-refractivity contribution in [3.63, 3.8) is 0 Å². The minimum Gasteiger partial charge on any atom is -0.387 e. The number of aliphatic hydroxyl groups is 1. The summed E-state index contributed by atoms with van der Waals surface area (Å²) in [5.74, 6) is 0. The van der Waals surface area contributed by atoms with Crippen LogP contribution in [0.1, 0.15) is 19.6 Å². The zero-order valence-corrected chi connectivity index (χ0v) is 10.4. The molecule has 0 spiro atoms. The molecule has 1 aromatic rings. The number of aliphatic hydroxyl groups excluding tert-OH is 1. The van der Waals surface area contributed by atoms with E-state index in [9.17, 15) is 19.1 Å². The average Bonchev–Trinajstić information content (AvgIpc) is 2.64. The highest BCUT2D eigenvalue weighted by molar-refractivity contribution is 5.10. The number of nitrogens with zero attached hydrogens (tertiary/aromatic N) is 1. The molecule has 1 aromatic heterocycles. The fourth-order valence-corrected chi connectivity index (χ4v) is 2.23. The summed E-state index contributed by atoms with van der Waals surface area (Å²) in [5, 5.41) is 9.93. The Balaban J connectivity index is 2.45. The number of H-pyrrole nitrogens is 1. The first kappa shape index (κ1) is 13.7. The third kappa shape index (κ3) is 2.04. The molecule has 1 aliphatic rings. The second-order valence-electron chi connectivity index (χ2n) is 4.43. The summed E-state index contributed by atoms with van der Waals surface area (Å²) in [6, 6.07) is 1.09. The van der Waals surface area contributed by atoms with Gasteiger partial charge in [-0.05, 0) is 6.42 Å². The van der Waals surface area contributed by atoms with E-state index < -0.39 is 35.4 Å². The van der Waals surface area contributed by atoms with Crippen molar-refractivity contribution >= 4 is 0 Å². The lowest BCUT2D eigenvalue weighted by Gasteiger charge is -2.26. The molecule has 19 heavy (non-hydrogen) atoms. The maximum atomic E-state index is 14.1. The maximum absolute atomic E-state index is 14.1. The van der Waals surface area contributed by atoms with Gasteiger partial charge in [-0.1, -0.05) is 13.0 Å². The van der Waals surface area contributed by atoms with Gasteiger partial charge in [0.1, 0.15) is 11.7 Å². The zero-order valence-electron chi connectivity index (χ0n) is 10.4. The van der Waals surface area contributed by atoms with Crippen LogP contribution in [0.2, 0.25) is 0 Å². The summed E-state index contributed by atoms with van der Waals surface area (Å²) >= 11 is 0. The molecule has 0 bridgehead atoms. The smallest absolute Gasteiger partial charge is 0.330 e. The molecule has 1 saturated heterocycles. The third-order valence-corrected chi connectivity index (χ3v) is 3.44. The molecule has 1 fully saturated rings. The monoisotopic (exact) mass is 270 g/mol. The van der Waals surface area contributed by atoms with Crippen LogP contribution >= 0.6 is 0 Å². The number of halogens is 1. The van der Waals surface area contributed by atoms with Gasteiger partial charge in [-0.15, -0.1) is 6.58 Å². The second kappa shape index (κ2) is 4.75. The number of nitrogens with one attached hydrogen (secondary N) is 1. The highest BCUT2D eigenvalue weighted by Crippen LogP contribution is 2.41. The van der Waals surface area contributed by atoms with Crippen molar-refractivity contribution in [3.05, 3.63) is 45.8 Å². The summed E-state index contributed by atoms with van der Waals surface area (Å²) in [6.07, 6.45) is -1.72. The Labute approximate surface area is 108 Å². The quantitative estimate of drug-likeness (QED) is 0.763. The topological polar surface area (TPSA) is 84.3 Å². The van der Waals surface area contributed by atoms with E-state index in [0.29, 0.717) is 6.42 Å². The molecule has 0 aromatic carbocycles. The molecule has 104 valence electrons. The second-order valence-corrected chi connectivity index (χ2v) is 4.43. The summed E-state index contributed by atoms with van der Waals surface area (Å²) < 4.78 is 20.5. The lowest BCUT2D eigenvalue weighted by Crippen LogP contribution is -2.39. The molecule has 0 unspecified atom stereocenters. The molecule has 7 heteroatoms. The maximum Gasteiger partial charge on any atom is 0.330 e. The van der Waals surface area contributed by atoms with Crippen molar-refractivity contribution < 1.29 is 14.2 Å². The Bertz CT molecular complexity index is 596. The van der Waals surface area contributed by atoms with Gasteiger partial charge >= 0.3 is 5.69 Å². The lowest BCUT2D eigenvalue weighted by molar-refractivity contribution is -0.0755. The molecular weight excluding hydrogens is 255 g/mol. The van der Waals surface area contributed by atoms with Crippen LogP contribution in [-0.4, -0.2) is 32.5 Å². The van der Waals surface area contributed by atoms with Gasteiger partial charge in [0, 0.05) is 12.3 Å². The first-order valence-electron chi connectivity index (χ1n) is 5.90. The molecule has 0 amide bonds. The number of hydrogen-bond donors (Lipinski definition) is 2. The zero-order chi connectivity index (χ0) is 14.2. The highest BCUT2D eigenvalue weighted by Gasteiger charge is 2.53. The summed E-state index contributed by atoms with van der Waals surface area (Å²) in [5.41, 5.74) is -2.61. The van der Waals surface area contributed by atoms with Gasteiger partial charge in [0.05, 0.1) is 0 Å². The van der Waals surface area contributed by atoms with Crippen LogP contribution in [0.5, 0.6) is 0 Å². The summed E-state index contributed by atoms with van der Waals surface area (Å²) in [4.78, 5) is 24.6. The molecule has 1 aliphatic heterocycles. The molecule has 6 nitrogen and oxygen atoms in total. The first-order chi connectivity index (χ1) is 8.95. The molecule has 2 heterocycles. The van der Waals surface area contributed by atoms with Gasteiger partial charge in [-0.2, -0.15) is 0 Å². The normalized spacial score (nSPS) is 34.4. The van der Waals surface area contributed by atoms with E-state index in [4.69, 9.17) is 4.74 Å². The Hall–Kier alpha value is -1.73. The van der Waals surface area contributed by atoms with E-state index >= 15 is 0 Å². The summed E-state index contributed by atoms with van der Waals surface area (Å²) in [7, 11) is 0. The van der Waals surface area contributed by atoms with Crippen molar-refractivity contribution in [2.24, 2.45) is 0 Å². The van der Waals surface area contributed by atoms with E-state index in [1.54, 1.807) is 6.92 Å².